The van der Waals surface area contributed by atoms with Crippen LogP contribution in [0.15, 0.2) is 24.3 Å². The van der Waals surface area contributed by atoms with Gasteiger partial charge in [-0.25, -0.2) is 9.37 Å². The molecule has 25 heavy (non-hydrogen) atoms. The highest BCUT2D eigenvalue weighted by Crippen LogP contribution is 2.23. The lowest BCUT2D eigenvalue weighted by atomic mass is 9.91. The summed E-state index contributed by atoms with van der Waals surface area (Å²) in [4.78, 5) is 18.6. The second-order valence-corrected chi connectivity index (χ2v) is 6.82. The minimum absolute atomic E-state index is 0.131. The highest BCUT2D eigenvalue weighted by Gasteiger charge is 2.23. The summed E-state index contributed by atoms with van der Waals surface area (Å²) in [6.07, 6.45) is 4.79. The SMILES string of the molecule is Cc1nc(CCC(=O)N2CCC[C@H](CCc3ccccc3F)C2)n[nH]1. The van der Waals surface area contributed by atoms with Gasteiger partial charge in [-0.3, -0.25) is 9.89 Å². The number of likely N-dealkylation sites (tertiary alicyclic amines) is 1. The molecule has 6 heteroatoms. The first-order valence-electron chi connectivity index (χ1n) is 9.01. The molecule has 134 valence electrons. The molecule has 0 unspecified atom stereocenters. The molecule has 1 N–H and O–H groups in total. The molecule has 2 aromatic rings. The van der Waals surface area contributed by atoms with Crippen LogP contribution < -0.4 is 0 Å². The zero-order valence-corrected chi connectivity index (χ0v) is 14.7. The lowest BCUT2D eigenvalue weighted by Crippen LogP contribution is -2.40. The first-order valence-corrected chi connectivity index (χ1v) is 9.01. The molecule has 2 heterocycles. The number of halogens is 1. The lowest BCUT2D eigenvalue weighted by Gasteiger charge is -2.33. The second-order valence-electron chi connectivity index (χ2n) is 6.82. The van der Waals surface area contributed by atoms with Gasteiger partial charge >= 0.3 is 0 Å². The summed E-state index contributed by atoms with van der Waals surface area (Å²) in [5, 5.41) is 6.88. The third-order valence-electron chi connectivity index (χ3n) is 4.86. The van der Waals surface area contributed by atoms with Crippen LogP contribution in [0.4, 0.5) is 4.39 Å². The number of hydrogen-bond donors (Lipinski definition) is 1. The zero-order valence-electron chi connectivity index (χ0n) is 14.7. The Bertz CT molecular complexity index is 715. The number of carbonyl (C=O) groups excluding carboxylic acids is 1. The Labute approximate surface area is 147 Å². The maximum Gasteiger partial charge on any atom is 0.223 e. The summed E-state index contributed by atoms with van der Waals surface area (Å²) in [7, 11) is 0. The smallest absolute Gasteiger partial charge is 0.223 e. The monoisotopic (exact) mass is 344 g/mol. The number of amides is 1. The standard InChI is InChI=1S/C19H25FN4O/c1-14-21-18(23-22-14)10-11-19(25)24-12-4-5-15(13-24)8-9-16-6-2-3-7-17(16)20/h2-3,6-7,15H,4-5,8-13H2,1H3,(H,21,22,23)/t15-/m1/s1. The van der Waals surface area contributed by atoms with Crippen LogP contribution >= 0.6 is 0 Å². The summed E-state index contributed by atoms with van der Waals surface area (Å²) in [5.74, 6) is 1.95. The van der Waals surface area contributed by atoms with E-state index in [0.29, 0.717) is 24.6 Å². The van der Waals surface area contributed by atoms with Crippen LogP contribution in [-0.4, -0.2) is 39.1 Å². The zero-order chi connectivity index (χ0) is 17.6. The Morgan fingerprint density at radius 2 is 2.20 bits per heavy atom. The van der Waals surface area contributed by atoms with Crippen molar-refractivity contribution in [3.8, 4) is 0 Å². The van der Waals surface area contributed by atoms with Crippen molar-refractivity contribution in [2.45, 2.75) is 45.4 Å². The number of piperidine rings is 1. The van der Waals surface area contributed by atoms with Crippen LogP contribution in [0.1, 0.15) is 42.9 Å². The van der Waals surface area contributed by atoms with E-state index in [2.05, 4.69) is 15.2 Å². The highest BCUT2D eigenvalue weighted by atomic mass is 19.1. The number of nitrogens with one attached hydrogen (secondary N) is 1. The molecule has 0 radical (unpaired) electrons. The van der Waals surface area contributed by atoms with Gasteiger partial charge in [0.25, 0.3) is 0 Å². The van der Waals surface area contributed by atoms with Gasteiger partial charge in [0.05, 0.1) is 0 Å². The van der Waals surface area contributed by atoms with E-state index >= 15 is 0 Å². The molecule has 0 saturated carbocycles. The van der Waals surface area contributed by atoms with Gasteiger partial charge in [0, 0.05) is 25.9 Å². The molecule has 5 nitrogen and oxygen atoms in total. The number of aromatic amines is 1. The van der Waals surface area contributed by atoms with Gasteiger partial charge in [0.1, 0.15) is 11.6 Å². The molecule has 1 fully saturated rings. The molecule has 1 aliphatic heterocycles. The third-order valence-corrected chi connectivity index (χ3v) is 4.86. The average Bonchev–Trinajstić information content (AvgIpc) is 3.04. The van der Waals surface area contributed by atoms with Crippen molar-refractivity contribution in [2.75, 3.05) is 13.1 Å². The first kappa shape index (κ1) is 17.6. The van der Waals surface area contributed by atoms with E-state index in [1.165, 1.54) is 6.07 Å². The van der Waals surface area contributed by atoms with Crippen molar-refractivity contribution < 1.29 is 9.18 Å². The summed E-state index contributed by atoms with van der Waals surface area (Å²) in [5.41, 5.74) is 0.769. The van der Waals surface area contributed by atoms with E-state index in [1.807, 2.05) is 24.0 Å². The van der Waals surface area contributed by atoms with Crippen LogP contribution in [0.2, 0.25) is 0 Å². The Morgan fingerprint density at radius 3 is 2.96 bits per heavy atom. The molecule has 0 aliphatic carbocycles. The number of carbonyl (C=O) groups is 1. The van der Waals surface area contributed by atoms with Gasteiger partial charge in [0.2, 0.25) is 5.91 Å². The van der Waals surface area contributed by atoms with Crippen molar-refractivity contribution in [2.24, 2.45) is 5.92 Å². The van der Waals surface area contributed by atoms with E-state index in [-0.39, 0.29) is 11.7 Å². The Morgan fingerprint density at radius 1 is 1.36 bits per heavy atom. The van der Waals surface area contributed by atoms with Crippen molar-refractivity contribution in [3.63, 3.8) is 0 Å². The predicted octanol–water partition coefficient (Wildman–Crippen LogP) is 3.06. The second kappa shape index (κ2) is 8.23. The number of nitrogens with zero attached hydrogens (tertiary/aromatic N) is 3. The predicted molar refractivity (Wildman–Crippen MR) is 93.5 cm³/mol. The van der Waals surface area contributed by atoms with Gasteiger partial charge in [-0.2, -0.15) is 5.10 Å². The van der Waals surface area contributed by atoms with E-state index in [4.69, 9.17) is 0 Å². The van der Waals surface area contributed by atoms with Crippen molar-refractivity contribution >= 4 is 5.91 Å². The molecule has 1 saturated heterocycles. The molecule has 1 aromatic heterocycles. The van der Waals surface area contributed by atoms with Gasteiger partial charge in [-0.1, -0.05) is 18.2 Å². The van der Waals surface area contributed by atoms with Crippen molar-refractivity contribution in [3.05, 3.63) is 47.3 Å². The molecule has 1 amide bonds. The summed E-state index contributed by atoms with van der Waals surface area (Å²) < 4.78 is 13.7. The van der Waals surface area contributed by atoms with Gasteiger partial charge in [-0.05, 0) is 50.2 Å². The lowest BCUT2D eigenvalue weighted by molar-refractivity contribution is -0.133. The molecule has 0 bridgehead atoms. The van der Waals surface area contributed by atoms with Gasteiger partial charge in [-0.15, -0.1) is 0 Å². The largest absolute Gasteiger partial charge is 0.342 e. The number of aromatic nitrogens is 3. The molecular weight excluding hydrogens is 319 g/mol. The van der Waals surface area contributed by atoms with Crippen LogP contribution in [0.5, 0.6) is 0 Å². The van der Waals surface area contributed by atoms with Crippen molar-refractivity contribution in [1.82, 2.24) is 20.1 Å². The molecule has 0 spiro atoms. The van der Waals surface area contributed by atoms with Crippen molar-refractivity contribution in [1.29, 1.82) is 0 Å². The number of rotatable bonds is 6. The Kier molecular flexibility index (Phi) is 5.79. The minimum atomic E-state index is -0.131. The number of aryl methyl sites for hydroxylation is 3. The van der Waals surface area contributed by atoms with E-state index < -0.39 is 0 Å². The quantitative estimate of drug-likeness (QED) is 0.876. The molecule has 1 atom stereocenters. The Hall–Kier alpha value is -2.24. The topological polar surface area (TPSA) is 61.9 Å². The fourth-order valence-corrected chi connectivity index (χ4v) is 3.47. The number of H-pyrrole nitrogens is 1. The van der Waals surface area contributed by atoms with Gasteiger partial charge < -0.3 is 4.90 Å². The fourth-order valence-electron chi connectivity index (χ4n) is 3.47. The minimum Gasteiger partial charge on any atom is -0.342 e. The maximum atomic E-state index is 13.7. The van der Waals surface area contributed by atoms with Crippen LogP contribution in [0, 0.1) is 18.7 Å². The molecule has 3 rings (SSSR count). The summed E-state index contributed by atoms with van der Waals surface area (Å²) in [6, 6.07) is 6.95. The number of hydrogen-bond acceptors (Lipinski definition) is 3. The van der Waals surface area contributed by atoms with Gasteiger partial charge in [0.15, 0.2) is 5.82 Å². The summed E-state index contributed by atoms with van der Waals surface area (Å²) in [6.45, 7) is 3.45. The maximum absolute atomic E-state index is 13.7. The molecular formula is C19H25FN4O. The Balaban J connectivity index is 1.47. The normalized spacial score (nSPS) is 17.7. The first-order chi connectivity index (χ1) is 12.1. The van der Waals surface area contributed by atoms with E-state index in [1.54, 1.807) is 6.07 Å². The third kappa shape index (κ3) is 4.87. The average molecular weight is 344 g/mol. The highest BCUT2D eigenvalue weighted by molar-refractivity contribution is 5.76. The van der Waals surface area contributed by atoms with Crippen LogP contribution in [0.25, 0.3) is 0 Å². The molecule has 1 aliphatic rings. The van der Waals surface area contributed by atoms with E-state index in [9.17, 15) is 9.18 Å². The van der Waals surface area contributed by atoms with Crippen LogP contribution in [0.3, 0.4) is 0 Å². The molecule has 1 aromatic carbocycles. The number of benzene rings is 1. The summed E-state index contributed by atoms with van der Waals surface area (Å²) >= 11 is 0. The fraction of sp³-hybridized carbons (Fsp3) is 0.526. The van der Waals surface area contributed by atoms with Crippen LogP contribution in [-0.2, 0) is 17.6 Å². The van der Waals surface area contributed by atoms with E-state index in [0.717, 1.165) is 50.2 Å².